The molecule has 0 bridgehead atoms. The third-order valence-corrected chi connectivity index (χ3v) is 5.15. The van der Waals surface area contributed by atoms with Gasteiger partial charge in [0.05, 0.1) is 11.9 Å². The third-order valence-electron chi connectivity index (χ3n) is 5.15. The van der Waals surface area contributed by atoms with Gasteiger partial charge in [-0.05, 0) is 31.0 Å². The summed E-state index contributed by atoms with van der Waals surface area (Å²) in [6, 6.07) is 5.96. The fourth-order valence-electron chi connectivity index (χ4n) is 3.66. The average Bonchev–Trinajstić information content (AvgIpc) is 3.22. The van der Waals surface area contributed by atoms with Crippen molar-refractivity contribution in [1.29, 1.82) is 0 Å². The van der Waals surface area contributed by atoms with E-state index in [4.69, 9.17) is 0 Å². The molecule has 1 saturated carbocycles. The van der Waals surface area contributed by atoms with E-state index in [0.717, 1.165) is 50.7 Å². The van der Waals surface area contributed by atoms with Crippen LogP contribution in [-0.4, -0.2) is 53.1 Å². The molecule has 7 nitrogen and oxygen atoms in total. The van der Waals surface area contributed by atoms with Crippen LogP contribution in [0.15, 0.2) is 36.8 Å². The highest BCUT2D eigenvalue weighted by Crippen LogP contribution is 2.19. The Kier molecular flexibility index (Phi) is 4.95. The molecule has 2 fully saturated rings. The number of nitrogens with zero attached hydrogens (tertiary/aromatic N) is 5. The summed E-state index contributed by atoms with van der Waals surface area (Å²) in [6.07, 6.45) is 9.92. The molecule has 2 aromatic heterocycles. The lowest BCUT2D eigenvalue weighted by atomic mass is 10.2. The monoisotopic (exact) mass is 352 g/mol. The van der Waals surface area contributed by atoms with E-state index in [0.29, 0.717) is 11.7 Å². The summed E-state index contributed by atoms with van der Waals surface area (Å²) in [5.74, 6) is 0.721. The van der Waals surface area contributed by atoms with Gasteiger partial charge in [0.1, 0.15) is 5.69 Å². The van der Waals surface area contributed by atoms with Crippen molar-refractivity contribution in [2.75, 3.05) is 36.0 Å². The number of carbonyl (C=O) groups is 1. The smallest absolute Gasteiger partial charge is 0.270 e. The lowest BCUT2D eigenvalue weighted by Gasteiger charge is -2.35. The molecule has 1 saturated heterocycles. The van der Waals surface area contributed by atoms with Crippen LogP contribution in [0.3, 0.4) is 0 Å². The molecule has 2 aromatic rings. The highest BCUT2D eigenvalue weighted by Gasteiger charge is 2.21. The first-order valence-electron chi connectivity index (χ1n) is 9.33. The zero-order valence-corrected chi connectivity index (χ0v) is 14.8. The molecule has 1 amide bonds. The van der Waals surface area contributed by atoms with Gasteiger partial charge in [-0.1, -0.05) is 12.8 Å². The molecule has 0 atom stereocenters. The van der Waals surface area contributed by atoms with Crippen molar-refractivity contribution in [3.8, 4) is 0 Å². The maximum absolute atomic E-state index is 12.3. The summed E-state index contributed by atoms with van der Waals surface area (Å²) in [7, 11) is 0. The van der Waals surface area contributed by atoms with Gasteiger partial charge in [0.15, 0.2) is 0 Å². The summed E-state index contributed by atoms with van der Waals surface area (Å²) in [5, 5.41) is 3.08. The maximum Gasteiger partial charge on any atom is 0.270 e. The largest absolute Gasteiger partial charge is 0.367 e. The first-order chi connectivity index (χ1) is 12.8. The Balaban J connectivity index is 1.33. The van der Waals surface area contributed by atoms with Crippen molar-refractivity contribution in [3.05, 3.63) is 42.5 Å². The van der Waals surface area contributed by atoms with Crippen LogP contribution >= 0.6 is 0 Å². The molecule has 2 aliphatic rings. The molecule has 0 radical (unpaired) electrons. The zero-order chi connectivity index (χ0) is 17.8. The van der Waals surface area contributed by atoms with Crippen molar-refractivity contribution in [1.82, 2.24) is 20.3 Å². The quantitative estimate of drug-likeness (QED) is 0.905. The van der Waals surface area contributed by atoms with E-state index in [1.54, 1.807) is 18.6 Å². The Morgan fingerprint density at radius 2 is 1.65 bits per heavy atom. The van der Waals surface area contributed by atoms with Crippen LogP contribution in [0.4, 0.5) is 11.6 Å². The molecule has 0 aromatic carbocycles. The van der Waals surface area contributed by atoms with Gasteiger partial charge in [0.2, 0.25) is 5.95 Å². The molecule has 7 heteroatoms. The molecule has 1 aliphatic heterocycles. The van der Waals surface area contributed by atoms with E-state index in [-0.39, 0.29) is 5.91 Å². The zero-order valence-electron chi connectivity index (χ0n) is 14.8. The van der Waals surface area contributed by atoms with E-state index in [2.05, 4.69) is 30.1 Å². The summed E-state index contributed by atoms with van der Waals surface area (Å²) in [6.45, 7) is 3.50. The van der Waals surface area contributed by atoms with E-state index in [1.165, 1.54) is 12.8 Å². The predicted octanol–water partition coefficient (Wildman–Crippen LogP) is 1.87. The third kappa shape index (κ3) is 3.76. The van der Waals surface area contributed by atoms with Crippen LogP contribution in [0.1, 0.15) is 36.2 Å². The molecule has 136 valence electrons. The summed E-state index contributed by atoms with van der Waals surface area (Å²) >= 11 is 0. The number of amides is 1. The number of anilines is 2. The maximum atomic E-state index is 12.3. The van der Waals surface area contributed by atoms with Crippen LogP contribution in [0, 0.1) is 0 Å². The van der Waals surface area contributed by atoms with Crippen molar-refractivity contribution in [2.24, 2.45) is 0 Å². The minimum atomic E-state index is -0.0607. The van der Waals surface area contributed by atoms with Gasteiger partial charge in [-0.25, -0.2) is 15.0 Å². The molecule has 0 unspecified atom stereocenters. The van der Waals surface area contributed by atoms with Crippen LogP contribution in [-0.2, 0) is 0 Å². The van der Waals surface area contributed by atoms with Crippen LogP contribution in [0.25, 0.3) is 0 Å². The molecule has 4 rings (SSSR count). The second kappa shape index (κ2) is 7.68. The van der Waals surface area contributed by atoms with Gasteiger partial charge < -0.3 is 15.1 Å². The number of rotatable bonds is 4. The van der Waals surface area contributed by atoms with Crippen LogP contribution in [0.5, 0.6) is 0 Å². The van der Waals surface area contributed by atoms with Crippen molar-refractivity contribution in [2.45, 2.75) is 31.7 Å². The number of piperazine rings is 1. The number of carbonyl (C=O) groups excluding carboxylic acids is 1. The topological polar surface area (TPSA) is 74.2 Å². The fourth-order valence-corrected chi connectivity index (χ4v) is 3.66. The van der Waals surface area contributed by atoms with Crippen LogP contribution < -0.4 is 15.1 Å². The first kappa shape index (κ1) is 16.8. The van der Waals surface area contributed by atoms with Gasteiger partial charge in [-0.15, -0.1) is 0 Å². The van der Waals surface area contributed by atoms with Crippen molar-refractivity contribution < 1.29 is 4.79 Å². The molecule has 3 heterocycles. The number of hydrogen-bond acceptors (Lipinski definition) is 6. The summed E-state index contributed by atoms with van der Waals surface area (Å²) < 4.78 is 0. The normalized spacial score (nSPS) is 18.2. The minimum absolute atomic E-state index is 0.0607. The minimum Gasteiger partial charge on any atom is -0.367 e. The van der Waals surface area contributed by atoms with Crippen molar-refractivity contribution >= 4 is 17.5 Å². The van der Waals surface area contributed by atoms with Gasteiger partial charge >= 0.3 is 0 Å². The first-order valence-corrected chi connectivity index (χ1v) is 9.33. The second-order valence-electron chi connectivity index (χ2n) is 6.88. The SMILES string of the molecule is O=C(NC1CCCC1)c1ccc(N2CCN(c3ncccn3)CC2)cn1. The molecular weight excluding hydrogens is 328 g/mol. The number of pyridine rings is 1. The number of hydrogen-bond donors (Lipinski definition) is 1. The highest BCUT2D eigenvalue weighted by atomic mass is 16.1. The number of aromatic nitrogens is 3. The van der Waals surface area contributed by atoms with E-state index in [9.17, 15) is 4.79 Å². The average molecular weight is 352 g/mol. The Morgan fingerprint density at radius 3 is 2.31 bits per heavy atom. The summed E-state index contributed by atoms with van der Waals surface area (Å²) in [4.78, 5) is 29.8. The molecule has 26 heavy (non-hydrogen) atoms. The van der Waals surface area contributed by atoms with Gasteiger partial charge in [-0.2, -0.15) is 0 Å². The lowest BCUT2D eigenvalue weighted by molar-refractivity contribution is 0.0933. The fraction of sp³-hybridized carbons (Fsp3) is 0.474. The standard InChI is InChI=1S/C19H24N6O/c26-18(23-15-4-1-2-5-15)17-7-6-16(14-22-17)24-10-12-25(13-11-24)19-20-8-3-9-21-19/h3,6-9,14-15H,1-2,4-5,10-13H2,(H,23,26). The van der Waals surface area contributed by atoms with E-state index in [1.807, 2.05) is 18.2 Å². The predicted molar refractivity (Wildman–Crippen MR) is 100 cm³/mol. The van der Waals surface area contributed by atoms with Gasteiger partial charge in [0.25, 0.3) is 5.91 Å². The van der Waals surface area contributed by atoms with Crippen LogP contribution in [0.2, 0.25) is 0 Å². The molecule has 1 aliphatic carbocycles. The Morgan fingerprint density at radius 1 is 0.962 bits per heavy atom. The Labute approximate surface area is 153 Å². The molecule has 0 spiro atoms. The lowest BCUT2D eigenvalue weighted by Crippen LogP contribution is -2.47. The van der Waals surface area contributed by atoms with Gasteiger partial charge in [0, 0.05) is 44.6 Å². The molecule has 1 N–H and O–H groups in total. The number of nitrogens with one attached hydrogen (secondary N) is 1. The highest BCUT2D eigenvalue weighted by molar-refractivity contribution is 5.92. The van der Waals surface area contributed by atoms with Crippen molar-refractivity contribution in [3.63, 3.8) is 0 Å². The summed E-state index contributed by atoms with van der Waals surface area (Å²) in [5.41, 5.74) is 1.55. The Hall–Kier alpha value is -2.70. The second-order valence-corrected chi connectivity index (χ2v) is 6.88. The van der Waals surface area contributed by atoms with E-state index < -0.39 is 0 Å². The Bertz CT molecular complexity index is 721. The van der Waals surface area contributed by atoms with Gasteiger partial charge in [-0.3, -0.25) is 4.79 Å². The molecular formula is C19H24N6O. The van der Waals surface area contributed by atoms with E-state index >= 15 is 0 Å².